The molecule has 28 heavy (non-hydrogen) atoms. The molecule has 0 aliphatic carbocycles. The zero-order valence-electron chi connectivity index (χ0n) is 15.2. The summed E-state index contributed by atoms with van der Waals surface area (Å²) >= 11 is 1.44. The van der Waals surface area contributed by atoms with E-state index < -0.39 is 5.91 Å². The van der Waals surface area contributed by atoms with Crippen molar-refractivity contribution in [1.29, 1.82) is 0 Å². The van der Waals surface area contributed by atoms with Crippen molar-refractivity contribution in [2.24, 2.45) is 5.10 Å². The summed E-state index contributed by atoms with van der Waals surface area (Å²) in [5.41, 5.74) is 5.16. The smallest absolute Gasteiger partial charge is 0.259 e. The van der Waals surface area contributed by atoms with Crippen molar-refractivity contribution in [3.63, 3.8) is 0 Å². The number of nitrogens with zero attached hydrogens (tertiary/aromatic N) is 4. The van der Waals surface area contributed by atoms with Gasteiger partial charge in [0.25, 0.3) is 5.56 Å². The number of aromatic amines is 1. The van der Waals surface area contributed by atoms with Gasteiger partial charge in [0.2, 0.25) is 5.91 Å². The van der Waals surface area contributed by atoms with E-state index in [1.807, 2.05) is 38.1 Å². The minimum atomic E-state index is -0.391. The quantitative estimate of drug-likeness (QED) is 0.408. The minimum absolute atomic E-state index is 0.0814. The molecule has 0 spiro atoms. The Bertz CT molecular complexity index is 1290. The number of fused-ring (bicyclic) bond motifs is 2. The number of rotatable bonds is 4. The van der Waals surface area contributed by atoms with E-state index in [9.17, 15) is 9.59 Å². The topological polar surface area (TPSA) is 113 Å². The van der Waals surface area contributed by atoms with E-state index in [4.69, 9.17) is 0 Å². The zero-order chi connectivity index (χ0) is 19.7. The van der Waals surface area contributed by atoms with Gasteiger partial charge >= 0.3 is 0 Å². The number of aryl methyl sites for hydroxylation is 2. The van der Waals surface area contributed by atoms with Crippen LogP contribution in [-0.4, -0.2) is 32.1 Å². The molecule has 0 saturated heterocycles. The summed E-state index contributed by atoms with van der Waals surface area (Å²) in [5, 5.41) is 4.49. The summed E-state index contributed by atoms with van der Waals surface area (Å²) in [6, 6.07) is 7.48. The summed E-state index contributed by atoms with van der Waals surface area (Å²) in [6.45, 7) is 3.83. The fraction of sp³-hybridized carbons (Fsp3) is 0.158. The van der Waals surface area contributed by atoms with E-state index in [1.165, 1.54) is 17.6 Å². The molecular weight excluding hydrogens is 376 g/mol. The number of carbonyl (C=O) groups excluding carboxylic acids is 1. The highest BCUT2D eigenvalue weighted by Gasteiger charge is 2.13. The molecule has 3 aromatic heterocycles. The van der Waals surface area contributed by atoms with Crippen LogP contribution in [0.1, 0.15) is 22.0 Å². The van der Waals surface area contributed by atoms with Crippen LogP contribution in [0.4, 0.5) is 0 Å². The average molecular weight is 392 g/mol. The summed E-state index contributed by atoms with van der Waals surface area (Å²) in [6.07, 6.45) is 2.91. The molecule has 0 aliphatic heterocycles. The molecule has 1 amide bonds. The first-order valence-electron chi connectivity index (χ1n) is 8.54. The number of nitrogens with one attached hydrogen (secondary N) is 2. The number of hydrogen-bond donors (Lipinski definition) is 2. The fourth-order valence-corrected chi connectivity index (χ4v) is 3.83. The van der Waals surface area contributed by atoms with Gasteiger partial charge in [0, 0.05) is 4.88 Å². The molecule has 0 bridgehead atoms. The van der Waals surface area contributed by atoms with Crippen LogP contribution in [0.3, 0.4) is 0 Å². The van der Waals surface area contributed by atoms with Crippen molar-refractivity contribution in [3.05, 3.63) is 62.8 Å². The van der Waals surface area contributed by atoms with Crippen LogP contribution < -0.4 is 11.0 Å². The van der Waals surface area contributed by atoms with Gasteiger partial charge in [-0.25, -0.2) is 15.4 Å². The number of amides is 1. The summed E-state index contributed by atoms with van der Waals surface area (Å²) < 4.78 is 0. The fourth-order valence-electron chi connectivity index (χ4n) is 2.78. The Hall–Kier alpha value is -3.46. The van der Waals surface area contributed by atoms with E-state index in [0.717, 1.165) is 21.5 Å². The normalized spacial score (nSPS) is 11.5. The molecule has 0 fully saturated rings. The maximum Gasteiger partial charge on any atom is 0.259 e. The van der Waals surface area contributed by atoms with Crippen LogP contribution in [-0.2, 0) is 11.2 Å². The molecule has 4 rings (SSSR count). The second-order valence-electron chi connectivity index (χ2n) is 6.23. The minimum Gasteiger partial charge on any atom is -0.309 e. The van der Waals surface area contributed by atoms with Crippen LogP contribution in [0.25, 0.3) is 21.3 Å². The van der Waals surface area contributed by atoms with Gasteiger partial charge in [-0.1, -0.05) is 12.1 Å². The molecule has 0 aliphatic rings. The molecule has 8 nitrogen and oxygen atoms in total. The van der Waals surface area contributed by atoms with Gasteiger partial charge in [0.1, 0.15) is 16.3 Å². The lowest BCUT2D eigenvalue weighted by Gasteiger charge is -2.01. The number of aromatic nitrogens is 4. The Kier molecular flexibility index (Phi) is 4.66. The third kappa shape index (κ3) is 3.52. The van der Waals surface area contributed by atoms with E-state index in [0.29, 0.717) is 21.7 Å². The summed E-state index contributed by atoms with van der Waals surface area (Å²) in [7, 11) is 0. The van der Waals surface area contributed by atoms with Crippen LogP contribution in [0.5, 0.6) is 0 Å². The molecule has 0 saturated carbocycles. The third-order valence-electron chi connectivity index (χ3n) is 4.27. The van der Waals surface area contributed by atoms with Crippen LogP contribution >= 0.6 is 11.3 Å². The highest BCUT2D eigenvalue weighted by Crippen LogP contribution is 2.25. The third-order valence-corrected chi connectivity index (χ3v) is 5.37. The maximum atomic E-state index is 12.3. The highest BCUT2D eigenvalue weighted by molar-refractivity contribution is 7.18. The summed E-state index contributed by atoms with van der Waals surface area (Å²) in [5.74, 6) is -0.0885. The van der Waals surface area contributed by atoms with Crippen molar-refractivity contribution < 1.29 is 4.79 Å². The van der Waals surface area contributed by atoms with Gasteiger partial charge in [-0.15, -0.1) is 11.3 Å². The predicted molar refractivity (Wildman–Crippen MR) is 109 cm³/mol. The second-order valence-corrected chi connectivity index (χ2v) is 7.43. The predicted octanol–water partition coefficient (Wildman–Crippen LogP) is 2.24. The Balaban J connectivity index is 1.46. The molecule has 1 aromatic carbocycles. The van der Waals surface area contributed by atoms with Crippen molar-refractivity contribution in [2.75, 3.05) is 0 Å². The Morgan fingerprint density at radius 1 is 1.25 bits per heavy atom. The number of thiophene rings is 1. The lowest BCUT2D eigenvalue weighted by atomic mass is 10.2. The number of H-pyrrole nitrogens is 1. The van der Waals surface area contributed by atoms with Crippen molar-refractivity contribution in [1.82, 2.24) is 25.4 Å². The van der Waals surface area contributed by atoms with Crippen LogP contribution in [0.15, 0.2) is 40.4 Å². The van der Waals surface area contributed by atoms with Crippen LogP contribution in [0, 0.1) is 13.8 Å². The first-order chi connectivity index (χ1) is 13.5. The van der Waals surface area contributed by atoms with Crippen molar-refractivity contribution >= 4 is 44.7 Å². The van der Waals surface area contributed by atoms with Crippen molar-refractivity contribution in [3.8, 4) is 0 Å². The van der Waals surface area contributed by atoms with E-state index in [-0.39, 0.29) is 12.0 Å². The van der Waals surface area contributed by atoms with Gasteiger partial charge in [-0.05, 0) is 31.5 Å². The van der Waals surface area contributed by atoms with Gasteiger partial charge in [-0.3, -0.25) is 14.6 Å². The first-order valence-corrected chi connectivity index (χ1v) is 9.35. The lowest BCUT2D eigenvalue weighted by molar-refractivity contribution is -0.120. The number of para-hydroxylation sites is 2. The molecule has 0 unspecified atom stereocenters. The molecule has 3 heterocycles. The molecule has 9 heteroatoms. The maximum absolute atomic E-state index is 12.3. The first kappa shape index (κ1) is 17.9. The van der Waals surface area contributed by atoms with E-state index in [1.54, 1.807) is 6.20 Å². The monoisotopic (exact) mass is 392 g/mol. The number of hydrazone groups is 1. The number of benzene rings is 1. The molecule has 0 atom stereocenters. The SMILES string of the molecule is Cc1sc2nc(CC(=O)N/N=C\c3cnc4ccccc4n3)[nH]c(=O)c2c1C. The summed E-state index contributed by atoms with van der Waals surface area (Å²) in [4.78, 5) is 41.8. The van der Waals surface area contributed by atoms with Crippen molar-refractivity contribution in [2.45, 2.75) is 20.3 Å². The number of carbonyl (C=O) groups is 1. The molecule has 0 radical (unpaired) electrons. The highest BCUT2D eigenvalue weighted by atomic mass is 32.1. The molecule has 2 N–H and O–H groups in total. The van der Waals surface area contributed by atoms with Gasteiger partial charge < -0.3 is 4.98 Å². The number of hydrogen-bond acceptors (Lipinski definition) is 7. The van der Waals surface area contributed by atoms with Gasteiger partial charge in [-0.2, -0.15) is 5.10 Å². The standard InChI is InChI=1S/C19H16N6O2S/c1-10-11(2)28-19-17(10)18(27)23-15(24-19)7-16(26)25-21-9-12-8-20-13-5-3-4-6-14(13)22-12/h3-6,8-9H,7H2,1-2H3,(H,25,26)(H,23,24,27)/b21-9-. The van der Waals surface area contributed by atoms with E-state index in [2.05, 4.69) is 30.5 Å². The van der Waals surface area contributed by atoms with Gasteiger partial charge in [0.05, 0.1) is 35.3 Å². The van der Waals surface area contributed by atoms with E-state index >= 15 is 0 Å². The Labute approximate surface area is 163 Å². The zero-order valence-corrected chi connectivity index (χ0v) is 16.0. The molecular formula is C19H16N6O2S. The second kappa shape index (κ2) is 7.28. The largest absolute Gasteiger partial charge is 0.309 e. The Morgan fingerprint density at radius 3 is 2.86 bits per heavy atom. The van der Waals surface area contributed by atoms with Crippen LogP contribution in [0.2, 0.25) is 0 Å². The van der Waals surface area contributed by atoms with Gasteiger partial charge in [0.15, 0.2) is 0 Å². The average Bonchev–Trinajstić information content (AvgIpc) is 2.95. The molecule has 4 aromatic rings. The Morgan fingerprint density at radius 2 is 2.04 bits per heavy atom. The lowest BCUT2D eigenvalue weighted by Crippen LogP contribution is -2.23. The molecule has 140 valence electrons.